The van der Waals surface area contributed by atoms with Gasteiger partial charge in [0.2, 0.25) is 5.95 Å². The Hall–Kier alpha value is -3.22. The molecule has 0 unspecified atom stereocenters. The van der Waals surface area contributed by atoms with E-state index in [1.54, 1.807) is 18.6 Å². The molecule has 0 atom stereocenters. The van der Waals surface area contributed by atoms with Crippen LogP contribution in [0.3, 0.4) is 0 Å². The molecule has 7 nitrogen and oxygen atoms in total. The van der Waals surface area contributed by atoms with Gasteiger partial charge in [-0.25, -0.2) is 0 Å². The third kappa shape index (κ3) is 4.16. The highest BCUT2D eigenvalue weighted by Crippen LogP contribution is 2.19. The lowest BCUT2D eigenvalue weighted by Crippen LogP contribution is -2.08. The molecular formula is C17H19N7. The monoisotopic (exact) mass is 321 g/mol. The molecule has 0 aliphatic rings. The molecule has 7 heteroatoms. The molecule has 0 aliphatic carbocycles. The second-order valence-corrected chi connectivity index (χ2v) is 5.44. The van der Waals surface area contributed by atoms with E-state index in [0.717, 1.165) is 16.9 Å². The van der Waals surface area contributed by atoms with Crippen molar-refractivity contribution < 1.29 is 0 Å². The van der Waals surface area contributed by atoms with Crippen LogP contribution in [0.15, 0.2) is 55.0 Å². The molecule has 0 radical (unpaired) electrons. The first kappa shape index (κ1) is 15.7. The minimum Gasteiger partial charge on any atom is -0.378 e. The van der Waals surface area contributed by atoms with E-state index in [0.29, 0.717) is 18.3 Å². The number of hydrogen-bond acceptors (Lipinski definition) is 7. The minimum absolute atomic E-state index is 0.474. The molecule has 1 aromatic carbocycles. The number of rotatable bonds is 6. The second-order valence-electron chi connectivity index (χ2n) is 5.44. The van der Waals surface area contributed by atoms with E-state index in [-0.39, 0.29) is 0 Å². The average Bonchev–Trinajstić information content (AvgIpc) is 2.62. The molecule has 2 N–H and O–H groups in total. The third-order valence-corrected chi connectivity index (χ3v) is 3.41. The lowest BCUT2D eigenvalue weighted by atomic mass is 10.2. The van der Waals surface area contributed by atoms with Crippen molar-refractivity contribution in [1.82, 2.24) is 20.2 Å². The van der Waals surface area contributed by atoms with Crippen molar-refractivity contribution >= 4 is 23.1 Å². The normalized spacial score (nSPS) is 10.2. The van der Waals surface area contributed by atoms with E-state index in [9.17, 15) is 0 Å². The SMILES string of the molecule is CN(C)c1ccc(Nc2cnnc(NCc3ccncc3)n2)cc1. The number of anilines is 4. The van der Waals surface area contributed by atoms with Gasteiger partial charge in [-0.1, -0.05) is 0 Å². The summed E-state index contributed by atoms with van der Waals surface area (Å²) in [5, 5.41) is 14.4. The number of hydrogen-bond donors (Lipinski definition) is 2. The van der Waals surface area contributed by atoms with Crippen LogP contribution in [0.4, 0.5) is 23.1 Å². The van der Waals surface area contributed by atoms with E-state index in [1.807, 2.05) is 50.5 Å². The first-order valence-electron chi connectivity index (χ1n) is 7.57. The van der Waals surface area contributed by atoms with Crippen LogP contribution in [0, 0.1) is 0 Å². The van der Waals surface area contributed by atoms with Gasteiger partial charge in [-0.3, -0.25) is 4.98 Å². The van der Waals surface area contributed by atoms with Crippen LogP contribution in [0.2, 0.25) is 0 Å². The highest BCUT2D eigenvalue weighted by Gasteiger charge is 2.02. The summed E-state index contributed by atoms with van der Waals surface area (Å²) in [7, 11) is 4.02. The van der Waals surface area contributed by atoms with Crippen LogP contribution in [0.1, 0.15) is 5.56 Å². The lowest BCUT2D eigenvalue weighted by molar-refractivity contribution is 0.948. The van der Waals surface area contributed by atoms with Gasteiger partial charge < -0.3 is 15.5 Å². The van der Waals surface area contributed by atoms with Crippen LogP contribution >= 0.6 is 0 Å². The first-order chi connectivity index (χ1) is 11.7. The Bertz CT molecular complexity index is 772. The Morgan fingerprint density at radius 3 is 2.46 bits per heavy atom. The number of benzene rings is 1. The number of nitrogens with one attached hydrogen (secondary N) is 2. The van der Waals surface area contributed by atoms with Crippen LogP contribution in [0.25, 0.3) is 0 Å². The molecule has 2 aromatic heterocycles. The molecule has 0 saturated heterocycles. The highest BCUT2D eigenvalue weighted by molar-refractivity contribution is 5.60. The molecule has 0 saturated carbocycles. The molecule has 0 aliphatic heterocycles. The van der Waals surface area contributed by atoms with Crippen molar-refractivity contribution in [3.63, 3.8) is 0 Å². The topological polar surface area (TPSA) is 78.9 Å². The van der Waals surface area contributed by atoms with Crippen LogP contribution in [-0.4, -0.2) is 34.3 Å². The Labute approximate surface area is 140 Å². The van der Waals surface area contributed by atoms with Crippen LogP contribution < -0.4 is 15.5 Å². The van der Waals surface area contributed by atoms with Gasteiger partial charge in [0.05, 0.1) is 6.20 Å². The van der Waals surface area contributed by atoms with Crippen molar-refractivity contribution in [2.45, 2.75) is 6.54 Å². The molecule has 0 spiro atoms. The zero-order valence-corrected chi connectivity index (χ0v) is 13.6. The molecule has 2 heterocycles. The van der Waals surface area contributed by atoms with Gasteiger partial charge in [0.1, 0.15) is 0 Å². The maximum atomic E-state index is 4.42. The molecule has 0 fully saturated rings. The Morgan fingerprint density at radius 1 is 1.00 bits per heavy atom. The summed E-state index contributed by atoms with van der Waals surface area (Å²) in [6.45, 7) is 0.616. The van der Waals surface area contributed by atoms with E-state index in [2.05, 4.69) is 35.7 Å². The van der Waals surface area contributed by atoms with Crippen molar-refractivity contribution in [2.75, 3.05) is 29.6 Å². The van der Waals surface area contributed by atoms with Crippen LogP contribution in [0.5, 0.6) is 0 Å². The minimum atomic E-state index is 0.474. The summed E-state index contributed by atoms with van der Waals surface area (Å²) in [6.07, 6.45) is 5.11. The largest absolute Gasteiger partial charge is 0.378 e. The molecule has 122 valence electrons. The summed E-state index contributed by atoms with van der Waals surface area (Å²) in [4.78, 5) is 10.5. The van der Waals surface area contributed by atoms with Gasteiger partial charge in [-0.2, -0.15) is 10.1 Å². The summed E-state index contributed by atoms with van der Waals surface area (Å²) in [5.74, 6) is 1.11. The Morgan fingerprint density at radius 2 is 1.75 bits per heavy atom. The summed E-state index contributed by atoms with van der Waals surface area (Å²) in [6, 6.07) is 12.0. The fourth-order valence-electron chi connectivity index (χ4n) is 2.11. The first-order valence-corrected chi connectivity index (χ1v) is 7.57. The lowest BCUT2D eigenvalue weighted by Gasteiger charge is -2.13. The molecule has 24 heavy (non-hydrogen) atoms. The average molecular weight is 321 g/mol. The van der Waals surface area contributed by atoms with E-state index in [1.165, 1.54) is 0 Å². The second kappa shape index (κ2) is 7.36. The van der Waals surface area contributed by atoms with E-state index >= 15 is 0 Å². The van der Waals surface area contributed by atoms with Gasteiger partial charge in [-0.15, -0.1) is 5.10 Å². The number of nitrogens with zero attached hydrogens (tertiary/aromatic N) is 5. The predicted octanol–water partition coefficient (Wildman–Crippen LogP) is 2.69. The van der Waals surface area contributed by atoms with Gasteiger partial charge in [-0.05, 0) is 42.0 Å². The quantitative estimate of drug-likeness (QED) is 0.722. The van der Waals surface area contributed by atoms with Gasteiger partial charge >= 0.3 is 0 Å². The number of aromatic nitrogens is 4. The summed E-state index contributed by atoms with van der Waals surface area (Å²) in [5.41, 5.74) is 3.19. The molecular weight excluding hydrogens is 302 g/mol. The zero-order valence-electron chi connectivity index (χ0n) is 13.6. The maximum Gasteiger partial charge on any atom is 0.244 e. The molecule has 0 amide bonds. The van der Waals surface area contributed by atoms with Crippen molar-refractivity contribution in [1.29, 1.82) is 0 Å². The maximum absolute atomic E-state index is 4.42. The molecule has 3 rings (SSSR count). The Balaban J connectivity index is 1.64. The molecule has 0 bridgehead atoms. The van der Waals surface area contributed by atoms with Crippen LogP contribution in [-0.2, 0) is 6.54 Å². The zero-order chi connectivity index (χ0) is 16.8. The van der Waals surface area contributed by atoms with Crippen molar-refractivity contribution in [3.05, 3.63) is 60.6 Å². The van der Waals surface area contributed by atoms with Crippen molar-refractivity contribution in [3.8, 4) is 0 Å². The smallest absolute Gasteiger partial charge is 0.244 e. The van der Waals surface area contributed by atoms with Crippen molar-refractivity contribution in [2.24, 2.45) is 0 Å². The fourth-order valence-corrected chi connectivity index (χ4v) is 2.11. The van der Waals surface area contributed by atoms with E-state index in [4.69, 9.17) is 0 Å². The fraction of sp³-hybridized carbons (Fsp3) is 0.176. The van der Waals surface area contributed by atoms with E-state index < -0.39 is 0 Å². The Kier molecular flexibility index (Phi) is 4.81. The summed E-state index contributed by atoms with van der Waals surface area (Å²) < 4.78 is 0. The predicted molar refractivity (Wildman–Crippen MR) is 95.4 cm³/mol. The molecule has 3 aromatic rings. The summed E-state index contributed by atoms with van der Waals surface area (Å²) >= 11 is 0. The number of pyridine rings is 1. The van der Waals surface area contributed by atoms with Gasteiger partial charge in [0, 0.05) is 44.4 Å². The van der Waals surface area contributed by atoms with Gasteiger partial charge in [0.25, 0.3) is 0 Å². The standard InChI is InChI=1S/C17H19N7/c1-24(2)15-5-3-14(4-6-15)21-16-12-20-23-17(22-16)19-11-13-7-9-18-10-8-13/h3-10,12H,11H2,1-2H3,(H2,19,21,22,23). The third-order valence-electron chi connectivity index (χ3n) is 3.41. The highest BCUT2D eigenvalue weighted by atomic mass is 15.3. The van der Waals surface area contributed by atoms with Gasteiger partial charge in [0.15, 0.2) is 5.82 Å².